The van der Waals surface area contributed by atoms with Gasteiger partial charge in [0.15, 0.2) is 9.84 Å². The fourth-order valence-electron chi connectivity index (χ4n) is 4.63. The van der Waals surface area contributed by atoms with E-state index in [1.165, 1.54) is 13.3 Å². The van der Waals surface area contributed by atoms with E-state index in [2.05, 4.69) is 0 Å². The number of amides is 1. The van der Waals surface area contributed by atoms with E-state index in [4.69, 9.17) is 16.2 Å². The lowest BCUT2D eigenvalue weighted by Crippen LogP contribution is -2.52. The molecule has 1 amide bonds. The molecule has 8 heteroatoms. The average molecular weight is 466 g/mol. The SMILES string of the molecule is CN(C(=O)[C@@H](N)C1CCC(COCc2cccc(C(C)(N)S(C)(=O)=O)c2)CC1)C1CCC1. The minimum atomic E-state index is -3.44. The van der Waals surface area contributed by atoms with Crippen LogP contribution in [0.25, 0.3) is 0 Å². The first-order valence-corrected chi connectivity index (χ1v) is 13.6. The number of hydrogen-bond donors (Lipinski definition) is 2. The van der Waals surface area contributed by atoms with E-state index in [1.54, 1.807) is 12.1 Å². The minimum absolute atomic E-state index is 0.0929. The third kappa shape index (κ3) is 5.71. The number of nitrogens with two attached hydrogens (primary N) is 2. The van der Waals surface area contributed by atoms with Crippen LogP contribution in [0, 0.1) is 11.8 Å². The molecule has 4 N–H and O–H groups in total. The third-order valence-electron chi connectivity index (χ3n) is 7.55. The van der Waals surface area contributed by atoms with Crippen LogP contribution in [0.5, 0.6) is 0 Å². The average Bonchev–Trinajstić information content (AvgIpc) is 2.71. The molecule has 2 saturated carbocycles. The van der Waals surface area contributed by atoms with Crippen molar-refractivity contribution in [2.45, 2.75) is 75.4 Å². The van der Waals surface area contributed by atoms with Gasteiger partial charge in [-0.3, -0.25) is 4.79 Å². The number of rotatable bonds is 9. The molecule has 0 heterocycles. The predicted octanol–water partition coefficient (Wildman–Crippen LogP) is 2.52. The second-order valence-corrected chi connectivity index (χ2v) is 12.3. The van der Waals surface area contributed by atoms with E-state index >= 15 is 0 Å². The van der Waals surface area contributed by atoms with Gasteiger partial charge in [-0.1, -0.05) is 24.3 Å². The van der Waals surface area contributed by atoms with Gasteiger partial charge in [-0.25, -0.2) is 8.42 Å². The lowest BCUT2D eigenvalue weighted by Gasteiger charge is -2.38. The lowest BCUT2D eigenvalue weighted by molar-refractivity contribution is -0.136. The van der Waals surface area contributed by atoms with Crippen LogP contribution < -0.4 is 11.5 Å². The van der Waals surface area contributed by atoms with Crippen LogP contribution in [-0.4, -0.2) is 51.2 Å². The Kier molecular flexibility index (Phi) is 8.02. The highest BCUT2D eigenvalue weighted by atomic mass is 32.2. The molecule has 32 heavy (non-hydrogen) atoms. The Labute approximate surface area is 192 Å². The molecule has 0 bridgehead atoms. The first-order chi connectivity index (χ1) is 15.0. The van der Waals surface area contributed by atoms with Crippen LogP contribution in [0.15, 0.2) is 24.3 Å². The van der Waals surface area contributed by atoms with Gasteiger partial charge in [0.2, 0.25) is 5.91 Å². The molecule has 7 nitrogen and oxygen atoms in total. The summed E-state index contributed by atoms with van der Waals surface area (Å²) in [5.41, 5.74) is 13.9. The number of carbonyl (C=O) groups is 1. The molecule has 0 aliphatic heterocycles. The summed E-state index contributed by atoms with van der Waals surface area (Å²) in [6.45, 7) is 2.58. The van der Waals surface area contributed by atoms with Crippen molar-refractivity contribution in [2.75, 3.05) is 19.9 Å². The van der Waals surface area contributed by atoms with Gasteiger partial charge in [-0.2, -0.15) is 0 Å². The number of sulfone groups is 1. The van der Waals surface area contributed by atoms with Crippen molar-refractivity contribution >= 4 is 15.7 Å². The summed E-state index contributed by atoms with van der Waals surface area (Å²) < 4.78 is 30.0. The molecule has 2 fully saturated rings. The van der Waals surface area contributed by atoms with Crippen molar-refractivity contribution in [1.82, 2.24) is 4.90 Å². The smallest absolute Gasteiger partial charge is 0.239 e. The zero-order valence-corrected chi connectivity index (χ0v) is 20.4. The first-order valence-electron chi connectivity index (χ1n) is 11.7. The quantitative estimate of drug-likeness (QED) is 0.579. The third-order valence-corrected chi connectivity index (χ3v) is 9.32. The van der Waals surface area contributed by atoms with Crippen LogP contribution in [-0.2, 0) is 30.8 Å². The number of hydrogen-bond acceptors (Lipinski definition) is 6. The van der Waals surface area contributed by atoms with Gasteiger partial charge in [-0.15, -0.1) is 0 Å². The number of carbonyl (C=O) groups excluding carboxylic acids is 1. The molecule has 3 rings (SSSR count). The second kappa shape index (κ2) is 10.2. The Morgan fingerprint density at radius 3 is 2.44 bits per heavy atom. The Bertz CT molecular complexity index is 890. The van der Waals surface area contributed by atoms with Gasteiger partial charge in [0, 0.05) is 26.0 Å². The first kappa shape index (κ1) is 25.1. The van der Waals surface area contributed by atoms with Crippen molar-refractivity contribution in [2.24, 2.45) is 23.3 Å². The van der Waals surface area contributed by atoms with E-state index in [0.29, 0.717) is 30.7 Å². The molecule has 2 aliphatic carbocycles. The van der Waals surface area contributed by atoms with Gasteiger partial charge < -0.3 is 21.1 Å². The molecule has 0 saturated heterocycles. The number of benzene rings is 1. The van der Waals surface area contributed by atoms with E-state index in [9.17, 15) is 13.2 Å². The van der Waals surface area contributed by atoms with E-state index in [1.807, 2.05) is 24.1 Å². The Morgan fingerprint density at radius 1 is 1.22 bits per heavy atom. The maximum Gasteiger partial charge on any atom is 0.239 e. The molecule has 0 radical (unpaired) electrons. The monoisotopic (exact) mass is 465 g/mol. The maximum absolute atomic E-state index is 12.7. The number of ether oxygens (including phenoxy) is 1. The summed E-state index contributed by atoms with van der Waals surface area (Å²) in [6.07, 6.45) is 8.47. The normalized spacial score (nSPS) is 24.9. The minimum Gasteiger partial charge on any atom is -0.376 e. The maximum atomic E-state index is 12.7. The van der Waals surface area contributed by atoms with Crippen molar-refractivity contribution in [3.05, 3.63) is 35.4 Å². The molecule has 0 aromatic heterocycles. The fourth-order valence-corrected chi connectivity index (χ4v) is 5.19. The summed E-state index contributed by atoms with van der Waals surface area (Å²) in [6, 6.07) is 7.26. The largest absolute Gasteiger partial charge is 0.376 e. The summed E-state index contributed by atoms with van der Waals surface area (Å²) in [5.74, 6) is 0.795. The zero-order chi connectivity index (χ0) is 23.5. The molecule has 2 aliphatic rings. The second-order valence-electron chi connectivity index (χ2n) is 9.94. The van der Waals surface area contributed by atoms with Gasteiger partial charge in [-0.05, 0) is 74.8 Å². The Hall–Kier alpha value is -1.48. The number of nitrogens with zero attached hydrogens (tertiary/aromatic N) is 1. The highest BCUT2D eigenvalue weighted by Crippen LogP contribution is 2.32. The highest BCUT2D eigenvalue weighted by Gasteiger charge is 2.35. The molecule has 0 spiro atoms. The molecular formula is C24H39N3O4S. The Morgan fingerprint density at radius 2 is 1.88 bits per heavy atom. The molecule has 1 aromatic carbocycles. The van der Waals surface area contributed by atoms with Crippen LogP contribution in [0.3, 0.4) is 0 Å². The molecule has 1 unspecified atom stereocenters. The van der Waals surface area contributed by atoms with Crippen molar-refractivity contribution < 1.29 is 17.9 Å². The topological polar surface area (TPSA) is 116 Å². The van der Waals surface area contributed by atoms with E-state index in [0.717, 1.165) is 50.3 Å². The van der Waals surface area contributed by atoms with Gasteiger partial charge in [0.05, 0.1) is 12.6 Å². The number of likely N-dealkylation sites (N-methyl/N-ethyl adjacent to an activating group) is 1. The summed E-state index contributed by atoms with van der Waals surface area (Å²) >= 11 is 0. The van der Waals surface area contributed by atoms with Crippen LogP contribution >= 0.6 is 0 Å². The molecule has 2 atom stereocenters. The lowest BCUT2D eigenvalue weighted by atomic mass is 9.78. The standard InChI is InChI=1S/C24H39N3O4S/c1-24(26,32(3,29)30)20-7-4-6-18(14-20)16-31-15-17-10-12-19(13-11-17)22(25)23(28)27(2)21-8-5-9-21/h4,6-7,14,17,19,21-22H,5,8-13,15-16,25-26H2,1-3H3/t17?,19?,22-,24?/m0/s1. The van der Waals surface area contributed by atoms with Gasteiger partial charge >= 0.3 is 0 Å². The van der Waals surface area contributed by atoms with Gasteiger partial charge in [0.1, 0.15) is 4.87 Å². The molecular weight excluding hydrogens is 426 g/mol. The summed E-state index contributed by atoms with van der Waals surface area (Å²) in [5, 5.41) is 0. The predicted molar refractivity (Wildman–Crippen MR) is 126 cm³/mol. The van der Waals surface area contributed by atoms with Crippen LogP contribution in [0.4, 0.5) is 0 Å². The highest BCUT2D eigenvalue weighted by molar-refractivity contribution is 7.91. The molecule has 180 valence electrons. The van der Waals surface area contributed by atoms with Gasteiger partial charge in [0.25, 0.3) is 0 Å². The van der Waals surface area contributed by atoms with E-state index < -0.39 is 20.8 Å². The van der Waals surface area contributed by atoms with Crippen molar-refractivity contribution in [3.8, 4) is 0 Å². The van der Waals surface area contributed by atoms with Crippen LogP contribution in [0.1, 0.15) is 63.0 Å². The van der Waals surface area contributed by atoms with Crippen LogP contribution in [0.2, 0.25) is 0 Å². The Balaban J connectivity index is 1.44. The van der Waals surface area contributed by atoms with E-state index in [-0.39, 0.29) is 11.8 Å². The zero-order valence-electron chi connectivity index (χ0n) is 19.6. The summed E-state index contributed by atoms with van der Waals surface area (Å²) in [7, 11) is -1.54. The fraction of sp³-hybridized carbons (Fsp3) is 0.708. The van der Waals surface area contributed by atoms with Crippen molar-refractivity contribution in [1.29, 1.82) is 0 Å². The summed E-state index contributed by atoms with van der Waals surface area (Å²) in [4.78, 5) is 13.1. The molecule has 1 aromatic rings. The van der Waals surface area contributed by atoms with Crippen molar-refractivity contribution in [3.63, 3.8) is 0 Å².